The van der Waals surface area contributed by atoms with E-state index in [2.05, 4.69) is 15.6 Å². The summed E-state index contributed by atoms with van der Waals surface area (Å²) in [5.74, 6) is 1.96. The van der Waals surface area contributed by atoms with E-state index >= 15 is 0 Å². The Morgan fingerprint density at radius 1 is 0.963 bits per heavy atom. The van der Waals surface area contributed by atoms with E-state index in [9.17, 15) is 18.3 Å². The molecule has 1 N–H and O–H groups in total. The van der Waals surface area contributed by atoms with Gasteiger partial charge in [-0.2, -0.15) is 0 Å². The summed E-state index contributed by atoms with van der Waals surface area (Å²) in [7, 11) is 0. The topological polar surface area (TPSA) is 41.9 Å². The summed E-state index contributed by atoms with van der Waals surface area (Å²) in [6.45, 7) is 2.86. The molecule has 7 heteroatoms. The molecule has 2 aromatic carbocycles. The first-order valence-electron chi connectivity index (χ1n) is 8.31. The number of rotatable bonds is 4. The molecule has 27 heavy (non-hydrogen) atoms. The summed E-state index contributed by atoms with van der Waals surface area (Å²) < 4.78 is 46.0. The number of aliphatic hydroxyl groups is 1. The van der Waals surface area contributed by atoms with E-state index in [1.807, 2.05) is 12.1 Å². The minimum absolute atomic E-state index is 0.277. The molecule has 0 radical (unpaired) electrons. The molecule has 0 amide bonds. The zero-order chi connectivity index (χ0) is 19.5. The lowest BCUT2D eigenvalue weighted by atomic mass is 9.87. The molecule has 0 aromatic heterocycles. The van der Waals surface area contributed by atoms with Gasteiger partial charge >= 0.3 is 6.36 Å². The first kappa shape index (κ1) is 19.1. The molecule has 1 unspecified atom stereocenters. The van der Waals surface area contributed by atoms with Crippen molar-refractivity contribution in [1.82, 2.24) is 0 Å². The molecule has 2 aromatic rings. The predicted molar refractivity (Wildman–Crippen MR) is 94.4 cm³/mol. The van der Waals surface area contributed by atoms with Crippen molar-refractivity contribution in [3.8, 4) is 18.1 Å². The average molecular weight is 377 g/mol. The monoisotopic (exact) mass is 377 g/mol. The third-order valence-electron chi connectivity index (χ3n) is 4.38. The van der Waals surface area contributed by atoms with Gasteiger partial charge in [0, 0.05) is 29.9 Å². The molecule has 1 heterocycles. The molecule has 4 nitrogen and oxygen atoms in total. The second-order valence-electron chi connectivity index (χ2n) is 6.07. The van der Waals surface area contributed by atoms with E-state index < -0.39 is 12.0 Å². The maximum absolute atomic E-state index is 12.3. The second-order valence-corrected chi connectivity index (χ2v) is 6.07. The second kappa shape index (κ2) is 7.51. The predicted octanol–water partition coefficient (Wildman–Crippen LogP) is 3.29. The van der Waals surface area contributed by atoms with Crippen molar-refractivity contribution >= 4 is 5.69 Å². The fourth-order valence-electron chi connectivity index (χ4n) is 2.97. The Kier molecular flexibility index (Phi) is 5.31. The zero-order valence-electron chi connectivity index (χ0n) is 14.4. The molecule has 1 fully saturated rings. The van der Waals surface area contributed by atoms with Crippen LogP contribution in [0.5, 0.6) is 5.75 Å². The maximum atomic E-state index is 12.3. The van der Waals surface area contributed by atoms with Gasteiger partial charge < -0.3 is 19.5 Å². The highest BCUT2D eigenvalue weighted by molar-refractivity contribution is 5.52. The number of ether oxygens (including phenoxy) is 2. The molecule has 3 rings (SSSR count). The van der Waals surface area contributed by atoms with Crippen molar-refractivity contribution in [1.29, 1.82) is 0 Å². The van der Waals surface area contributed by atoms with Gasteiger partial charge in [-0.1, -0.05) is 30.2 Å². The van der Waals surface area contributed by atoms with Crippen LogP contribution < -0.4 is 9.64 Å². The van der Waals surface area contributed by atoms with Crippen molar-refractivity contribution in [2.24, 2.45) is 0 Å². The minimum atomic E-state index is -4.78. The highest BCUT2D eigenvalue weighted by Gasteiger charge is 2.32. The normalized spacial score (nSPS) is 17.1. The fourth-order valence-corrected chi connectivity index (χ4v) is 2.97. The molecular formula is C20H18F3NO3. The molecule has 1 aliphatic rings. The van der Waals surface area contributed by atoms with E-state index in [4.69, 9.17) is 11.2 Å². The van der Waals surface area contributed by atoms with E-state index in [0.29, 0.717) is 18.8 Å². The van der Waals surface area contributed by atoms with Gasteiger partial charge in [-0.25, -0.2) is 0 Å². The van der Waals surface area contributed by atoms with Gasteiger partial charge in [-0.05, 0) is 24.3 Å². The van der Waals surface area contributed by atoms with Crippen LogP contribution in [0.4, 0.5) is 18.9 Å². The largest absolute Gasteiger partial charge is 0.573 e. The summed E-state index contributed by atoms with van der Waals surface area (Å²) in [6, 6.07) is 12.0. The Hall–Kier alpha value is -2.69. The number of morpholine rings is 1. The standard InChI is InChI=1S/C20H18F3NO3/c1-2-19(25,16-5-9-18(10-6-16)27-20(21,22)23)15-3-7-17(8-4-15)24-11-13-26-14-12-24/h1,3-10,25H,11-14H2. The number of hydrogen-bond donors (Lipinski definition) is 1. The lowest BCUT2D eigenvalue weighted by Crippen LogP contribution is -2.36. The van der Waals surface area contributed by atoms with Gasteiger partial charge in [-0.15, -0.1) is 19.6 Å². The number of alkyl halides is 3. The van der Waals surface area contributed by atoms with Crippen molar-refractivity contribution in [3.63, 3.8) is 0 Å². The van der Waals surface area contributed by atoms with Crippen molar-refractivity contribution in [2.75, 3.05) is 31.2 Å². The summed E-state index contributed by atoms with van der Waals surface area (Å²) in [4.78, 5) is 2.16. The SMILES string of the molecule is C#CC(O)(c1ccc(OC(F)(F)F)cc1)c1ccc(N2CCOCC2)cc1. The van der Waals surface area contributed by atoms with Crippen molar-refractivity contribution in [2.45, 2.75) is 12.0 Å². The quantitative estimate of drug-likeness (QED) is 0.831. The first-order valence-corrected chi connectivity index (χ1v) is 8.31. The third kappa shape index (κ3) is 4.35. The molecule has 1 atom stereocenters. The summed E-state index contributed by atoms with van der Waals surface area (Å²) in [5.41, 5.74) is -0.0548. The van der Waals surface area contributed by atoms with Gasteiger partial charge in [0.2, 0.25) is 0 Å². The molecular weight excluding hydrogens is 359 g/mol. The van der Waals surface area contributed by atoms with Crippen LogP contribution in [0.25, 0.3) is 0 Å². The van der Waals surface area contributed by atoms with Crippen LogP contribution in [0.1, 0.15) is 11.1 Å². The van der Waals surface area contributed by atoms with Crippen LogP contribution in [-0.4, -0.2) is 37.8 Å². The van der Waals surface area contributed by atoms with Crippen LogP contribution in [0, 0.1) is 12.3 Å². The minimum Gasteiger partial charge on any atom is -0.406 e. The average Bonchev–Trinajstić information content (AvgIpc) is 2.67. The van der Waals surface area contributed by atoms with Gasteiger partial charge in [0.25, 0.3) is 0 Å². The van der Waals surface area contributed by atoms with Crippen LogP contribution in [0.15, 0.2) is 48.5 Å². The zero-order valence-corrected chi connectivity index (χ0v) is 14.4. The molecule has 0 spiro atoms. The summed E-state index contributed by atoms with van der Waals surface area (Å²) in [6.07, 6.45) is 0.775. The Balaban J connectivity index is 1.83. The maximum Gasteiger partial charge on any atom is 0.573 e. The fraction of sp³-hybridized carbons (Fsp3) is 0.300. The summed E-state index contributed by atoms with van der Waals surface area (Å²) >= 11 is 0. The van der Waals surface area contributed by atoms with E-state index in [1.165, 1.54) is 12.1 Å². The van der Waals surface area contributed by atoms with Gasteiger partial charge in [0.15, 0.2) is 5.60 Å². The number of hydrogen-bond acceptors (Lipinski definition) is 4. The summed E-state index contributed by atoms with van der Waals surface area (Å²) in [5, 5.41) is 11.0. The van der Waals surface area contributed by atoms with E-state index in [0.717, 1.165) is 30.9 Å². The Bertz CT molecular complexity index is 806. The molecule has 0 saturated carbocycles. The number of halogens is 3. The molecule has 0 bridgehead atoms. The highest BCUT2D eigenvalue weighted by Crippen LogP contribution is 2.32. The highest BCUT2D eigenvalue weighted by atomic mass is 19.4. The van der Waals surface area contributed by atoms with Crippen molar-refractivity contribution in [3.05, 3.63) is 59.7 Å². The van der Waals surface area contributed by atoms with Crippen LogP contribution in [-0.2, 0) is 10.3 Å². The molecule has 1 aliphatic heterocycles. The lowest BCUT2D eigenvalue weighted by Gasteiger charge is -2.30. The van der Waals surface area contributed by atoms with Crippen LogP contribution in [0.2, 0.25) is 0 Å². The van der Waals surface area contributed by atoms with Gasteiger partial charge in [0.05, 0.1) is 13.2 Å². The number of anilines is 1. The smallest absolute Gasteiger partial charge is 0.406 e. The molecule has 1 saturated heterocycles. The Morgan fingerprint density at radius 2 is 1.48 bits per heavy atom. The first-order chi connectivity index (χ1) is 12.8. The van der Waals surface area contributed by atoms with Gasteiger partial charge in [0.1, 0.15) is 5.75 Å². The van der Waals surface area contributed by atoms with Crippen LogP contribution >= 0.6 is 0 Å². The number of terminal acetylenes is 1. The van der Waals surface area contributed by atoms with Crippen molar-refractivity contribution < 1.29 is 27.8 Å². The number of nitrogens with zero attached hydrogens (tertiary/aromatic N) is 1. The van der Waals surface area contributed by atoms with Gasteiger partial charge in [-0.3, -0.25) is 0 Å². The Morgan fingerprint density at radius 3 is 1.96 bits per heavy atom. The molecule has 0 aliphatic carbocycles. The number of benzene rings is 2. The lowest BCUT2D eigenvalue weighted by molar-refractivity contribution is -0.274. The van der Waals surface area contributed by atoms with E-state index in [1.54, 1.807) is 12.1 Å². The third-order valence-corrected chi connectivity index (χ3v) is 4.38. The van der Waals surface area contributed by atoms with Crippen LogP contribution in [0.3, 0.4) is 0 Å². The van der Waals surface area contributed by atoms with E-state index in [-0.39, 0.29) is 11.3 Å². The Labute approximate surface area is 155 Å². The molecule has 142 valence electrons.